The van der Waals surface area contributed by atoms with Crippen LogP contribution in [0.5, 0.6) is 0 Å². The highest BCUT2D eigenvalue weighted by atomic mass is 19.4. The number of hydrogen-bond donors (Lipinski definition) is 1. The Bertz CT molecular complexity index is 560. The Labute approximate surface area is 101 Å². The van der Waals surface area contributed by atoms with Crippen LogP contribution in [0.4, 0.5) is 18.9 Å². The zero-order valence-electron chi connectivity index (χ0n) is 9.57. The highest BCUT2D eigenvalue weighted by Crippen LogP contribution is 2.34. The molecule has 2 rings (SSSR count). The van der Waals surface area contributed by atoms with Crippen molar-refractivity contribution in [2.75, 3.05) is 5.73 Å². The molecular weight excluding hydrogens is 245 g/mol. The van der Waals surface area contributed by atoms with Crippen molar-refractivity contribution in [3.05, 3.63) is 30.1 Å². The van der Waals surface area contributed by atoms with Crippen LogP contribution in [0.1, 0.15) is 12.5 Å². The van der Waals surface area contributed by atoms with E-state index in [9.17, 15) is 13.2 Å². The molecule has 0 spiro atoms. The van der Waals surface area contributed by atoms with E-state index in [0.29, 0.717) is 12.4 Å². The number of rotatable bonds is 2. The van der Waals surface area contributed by atoms with E-state index < -0.39 is 11.7 Å². The Morgan fingerprint density at radius 3 is 2.67 bits per heavy atom. The van der Waals surface area contributed by atoms with Gasteiger partial charge in [0.05, 0.1) is 5.56 Å². The van der Waals surface area contributed by atoms with Gasteiger partial charge in [-0.3, -0.25) is 0 Å². The molecule has 1 aromatic heterocycles. The number of nitrogens with zero attached hydrogens (tertiary/aromatic N) is 3. The lowest BCUT2D eigenvalue weighted by Crippen LogP contribution is -2.07. The number of alkyl halides is 3. The van der Waals surface area contributed by atoms with Crippen LogP contribution in [0, 0.1) is 0 Å². The summed E-state index contributed by atoms with van der Waals surface area (Å²) in [5, 5.41) is 3.91. The Morgan fingerprint density at radius 2 is 2.06 bits per heavy atom. The molecule has 0 saturated heterocycles. The first-order valence-electron chi connectivity index (χ1n) is 5.28. The monoisotopic (exact) mass is 256 g/mol. The zero-order valence-corrected chi connectivity index (χ0v) is 9.57. The van der Waals surface area contributed by atoms with Crippen molar-refractivity contribution in [2.24, 2.45) is 0 Å². The van der Waals surface area contributed by atoms with Crippen LogP contribution < -0.4 is 5.73 Å². The smallest absolute Gasteiger partial charge is 0.398 e. The van der Waals surface area contributed by atoms with Crippen LogP contribution in [0.25, 0.3) is 11.4 Å². The summed E-state index contributed by atoms with van der Waals surface area (Å²) < 4.78 is 39.4. The van der Waals surface area contributed by atoms with E-state index in [-0.39, 0.29) is 11.3 Å². The molecule has 96 valence electrons. The lowest BCUT2D eigenvalue weighted by molar-refractivity contribution is -0.137. The maximum atomic E-state index is 12.6. The van der Waals surface area contributed by atoms with Gasteiger partial charge in [-0.25, -0.2) is 9.67 Å². The van der Waals surface area contributed by atoms with Crippen LogP contribution in [0.3, 0.4) is 0 Å². The molecule has 0 amide bonds. The van der Waals surface area contributed by atoms with Gasteiger partial charge in [-0.2, -0.15) is 18.3 Å². The zero-order chi connectivity index (χ0) is 13.3. The number of halogens is 3. The van der Waals surface area contributed by atoms with Crippen LogP contribution in [-0.2, 0) is 12.7 Å². The van der Waals surface area contributed by atoms with Crippen LogP contribution in [0.2, 0.25) is 0 Å². The Balaban J connectivity index is 2.57. The molecule has 1 heterocycles. The van der Waals surface area contributed by atoms with Gasteiger partial charge in [0, 0.05) is 17.8 Å². The van der Waals surface area contributed by atoms with Gasteiger partial charge < -0.3 is 5.73 Å². The molecule has 0 aliphatic heterocycles. The van der Waals surface area contributed by atoms with E-state index in [4.69, 9.17) is 5.73 Å². The van der Waals surface area contributed by atoms with Crippen LogP contribution in [0.15, 0.2) is 24.5 Å². The maximum Gasteiger partial charge on any atom is 0.416 e. The van der Waals surface area contributed by atoms with Gasteiger partial charge in [-0.15, -0.1) is 0 Å². The molecule has 4 nitrogen and oxygen atoms in total. The molecule has 7 heteroatoms. The molecule has 1 aromatic carbocycles. The molecule has 0 radical (unpaired) electrons. The van der Waals surface area contributed by atoms with Gasteiger partial charge in [0.25, 0.3) is 0 Å². The standard InChI is InChI=1S/C11H11F3N4/c1-2-18-10(16-6-17-18)8-5-7(11(12,13)14)3-4-9(8)15/h3-6H,2,15H2,1H3. The number of nitrogen functional groups attached to an aromatic ring is 1. The first-order valence-corrected chi connectivity index (χ1v) is 5.28. The molecule has 2 N–H and O–H groups in total. The van der Waals surface area contributed by atoms with Gasteiger partial charge in [-0.1, -0.05) is 0 Å². The van der Waals surface area contributed by atoms with Gasteiger partial charge in [-0.05, 0) is 25.1 Å². The number of nitrogens with two attached hydrogens (primary N) is 1. The molecule has 0 aliphatic rings. The summed E-state index contributed by atoms with van der Waals surface area (Å²) in [6.45, 7) is 2.33. The number of aryl methyl sites for hydroxylation is 1. The van der Waals surface area contributed by atoms with E-state index in [1.54, 1.807) is 0 Å². The average Bonchev–Trinajstić information content (AvgIpc) is 2.76. The number of benzene rings is 1. The first-order chi connectivity index (χ1) is 8.43. The molecule has 0 saturated carbocycles. The number of anilines is 1. The van der Waals surface area contributed by atoms with Crippen molar-refractivity contribution in [2.45, 2.75) is 19.6 Å². The highest BCUT2D eigenvalue weighted by Gasteiger charge is 2.31. The van der Waals surface area contributed by atoms with Gasteiger partial charge >= 0.3 is 6.18 Å². The minimum atomic E-state index is -4.40. The van der Waals surface area contributed by atoms with E-state index >= 15 is 0 Å². The van der Waals surface area contributed by atoms with E-state index in [0.717, 1.165) is 12.1 Å². The summed E-state index contributed by atoms with van der Waals surface area (Å²) in [6, 6.07) is 3.17. The van der Waals surface area contributed by atoms with Crippen molar-refractivity contribution in [3.63, 3.8) is 0 Å². The minimum Gasteiger partial charge on any atom is -0.398 e. The first kappa shape index (κ1) is 12.4. The lowest BCUT2D eigenvalue weighted by Gasteiger charge is -2.11. The molecule has 0 bridgehead atoms. The van der Waals surface area contributed by atoms with Crippen molar-refractivity contribution in [1.29, 1.82) is 0 Å². The molecule has 0 unspecified atom stereocenters. The topological polar surface area (TPSA) is 56.7 Å². The third-order valence-electron chi connectivity index (χ3n) is 2.54. The summed E-state index contributed by atoms with van der Waals surface area (Å²) in [5.41, 5.74) is 5.43. The summed E-state index contributed by atoms with van der Waals surface area (Å²) in [7, 11) is 0. The van der Waals surface area contributed by atoms with Gasteiger partial charge in [0.15, 0.2) is 5.82 Å². The summed E-state index contributed by atoms with van der Waals surface area (Å²) in [5.74, 6) is 0.334. The molecule has 0 atom stereocenters. The van der Waals surface area contributed by atoms with E-state index in [2.05, 4.69) is 10.1 Å². The summed E-state index contributed by atoms with van der Waals surface area (Å²) in [4.78, 5) is 3.95. The van der Waals surface area contributed by atoms with E-state index in [1.807, 2.05) is 6.92 Å². The second kappa shape index (κ2) is 4.32. The third kappa shape index (κ3) is 2.15. The fourth-order valence-corrected chi connectivity index (χ4v) is 1.63. The normalized spacial score (nSPS) is 11.8. The predicted octanol–water partition coefficient (Wildman–Crippen LogP) is 2.57. The van der Waals surface area contributed by atoms with E-state index in [1.165, 1.54) is 17.1 Å². The molecule has 2 aromatic rings. The number of aromatic nitrogens is 3. The van der Waals surface area contributed by atoms with Crippen molar-refractivity contribution in [3.8, 4) is 11.4 Å². The molecule has 18 heavy (non-hydrogen) atoms. The Morgan fingerprint density at radius 1 is 1.33 bits per heavy atom. The van der Waals surface area contributed by atoms with Crippen molar-refractivity contribution in [1.82, 2.24) is 14.8 Å². The quantitative estimate of drug-likeness (QED) is 0.840. The Hall–Kier alpha value is -2.05. The van der Waals surface area contributed by atoms with Crippen molar-refractivity contribution >= 4 is 5.69 Å². The lowest BCUT2D eigenvalue weighted by atomic mass is 10.1. The fourth-order valence-electron chi connectivity index (χ4n) is 1.63. The highest BCUT2D eigenvalue weighted by molar-refractivity contribution is 5.72. The third-order valence-corrected chi connectivity index (χ3v) is 2.54. The largest absolute Gasteiger partial charge is 0.416 e. The maximum absolute atomic E-state index is 12.6. The Kier molecular flexibility index (Phi) is 2.98. The molecule has 0 aliphatic carbocycles. The molecular formula is C11H11F3N4. The second-order valence-electron chi connectivity index (χ2n) is 3.70. The predicted molar refractivity (Wildman–Crippen MR) is 60.5 cm³/mol. The number of hydrogen-bond acceptors (Lipinski definition) is 3. The average molecular weight is 256 g/mol. The van der Waals surface area contributed by atoms with Gasteiger partial charge in [0.1, 0.15) is 6.33 Å². The fraction of sp³-hybridized carbons (Fsp3) is 0.273. The minimum absolute atomic E-state index is 0.240. The SMILES string of the molecule is CCn1ncnc1-c1cc(C(F)(F)F)ccc1N. The summed E-state index contributed by atoms with van der Waals surface area (Å²) >= 11 is 0. The molecule has 0 fully saturated rings. The van der Waals surface area contributed by atoms with Crippen molar-refractivity contribution < 1.29 is 13.2 Å². The second-order valence-corrected chi connectivity index (χ2v) is 3.70. The summed E-state index contributed by atoms with van der Waals surface area (Å²) in [6.07, 6.45) is -3.11. The van der Waals surface area contributed by atoms with Gasteiger partial charge in [0.2, 0.25) is 0 Å². The van der Waals surface area contributed by atoms with Crippen LogP contribution in [-0.4, -0.2) is 14.8 Å². The van der Waals surface area contributed by atoms with Crippen LogP contribution >= 0.6 is 0 Å².